The zero-order chi connectivity index (χ0) is 14.0. The molecule has 19 heavy (non-hydrogen) atoms. The van der Waals surface area contributed by atoms with Gasteiger partial charge >= 0.3 is 10.2 Å². The Bertz CT molecular complexity index is 580. The second-order valence-corrected chi connectivity index (χ2v) is 6.46. The number of hydrogen-bond acceptors (Lipinski definition) is 4. The van der Waals surface area contributed by atoms with Gasteiger partial charge in [-0.2, -0.15) is 12.7 Å². The summed E-state index contributed by atoms with van der Waals surface area (Å²) in [6.45, 7) is 4.78. The number of carbonyl (C=O) groups is 1. The molecule has 0 unspecified atom stereocenters. The van der Waals surface area contributed by atoms with Gasteiger partial charge in [0.05, 0.1) is 0 Å². The number of rotatable bonds is 4. The van der Waals surface area contributed by atoms with Crippen molar-refractivity contribution >= 4 is 16.1 Å². The molecular weight excluding hydrogens is 266 g/mol. The molecule has 1 aliphatic rings. The van der Waals surface area contributed by atoms with Crippen LogP contribution in [-0.2, 0) is 10.2 Å². The van der Waals surface area contributed by atoms with Gasteiger partial charge in [0, 0.05) is 19.3 Å². The molecule has 104 valence electrons. The average molecular weight is 283 g/mol. The highest BCUT2D eigenvalue weighted by Crippen LogP contribution is 2.18. The quantitative estimate of drug-likeness (QED) is 0.890. The van der Waals surface area contributed by atoms with E-state index in [4.69, 9.17) is 0 Å². The van der Waals surface area contributed by atoms with Gasteiger partial charge in [0.2, 0.25) is 0 Å². The largest absolute Gasteiger partial charge is 0.304 e. The molecular formula is C12H17N3O3S. The molecule has 0 saturated carbocycles. The summed E-state index contributed by atoms with van der Waals surface area (Å²) in [7, 11) is -3.72. The summed E-state index contributed by atoms with van der Waals surface area (Å²) >= 11 is 0. The van der Waals surface area contributed by atoms with Crippen molar-refractivity contribution < 1.29 is 13.2 Å². The molecule has 1 amide bonds. The summed E-state index contributed by atoms with van der Waals surface area (Å²) in [4.78, 5) is 16.0. The number of carbonyl (C=O) groups excluding carboxylic acids is 1. The predicted octanol–water partition coefficient (Wildman–Crippen LogP) is 0.885. The number of nitrogens with zero attached hydrogens (tertiary/aromatic N) is 2. The maximum atomic E-state index is 12.1. The Hall–Kier alpha value is -1.47. The van der Waals surface area contributed by atoms with Gasteiger partial charge in [0.15, 0.2) is 0 Å². The van der Waals surface area contributed by atoms with Crippen molar-refractivity contribution in [3.05, 3.63) is 29.6 Å². The van der Waals surface area contributed by atoms with Gasteiger partial charge in [-0.25, -0.2) is 4.72 Å². The van der Waals surface area contributed by atoms with Crippen molar-refractivity contribution in [2.75, 3.05) is 13.1 Å². The smallest absolute Gasteiger partial charge is 0.266 e. The Morgan fingerprint density at radius 2 is 2.11 bits per heavy atom. The molecule has 1 aromatic rings. The van der Waals surface area contributed by atoms with Crippen LogP contribution in [0.4, 0.5) is 0 Å². The van der Waals surface area contributed by atoms with E-state index in [1.807, 2.05) is 13.8 Å². The zero-order valence-electron chi connectivity index (χ0n) is 11.0. The number of aromatic nitrogens is 1. The highest BCUT2D eigenvalue weighted by molar-refractivity contribution is 7.87. The van der Waals surface area contributed by atoms with Crippen LogP contribution in [0.3, 0.4) is 0 Å². The van der Waals surface area contributed by atoms with Crippen molar-refractivity contribution in [2.24, 2.45) is 0 Å². The van der Waals surface area contributed by atoms with Crippen molar-refractivity contribution in [3.8, 4) is 0 Å². The van der Waals surface area contributed by atoms with E-state index >= 15 is 0 Å². The number of pyridine rings is 1. The molecule has 1 fully saturated rings. The van der Waals surface area contributed by atoms with E-state index < -0.39 is 16.1 Å². The van der Waals surface area contributed by atoms with Gasteiger partial charge in [-0.15, -0.1) is 0 Å². The summed E-state index contributed by atoms with van der Waals surface area (Å²) < 4.78 is 27.0. The van der Waals surface area contributed by atoms with Crippen LogP contribution >= 0.6 is 0 Å². The second kappa shape index (κ2) is 5.26. The molecule has 0 atom stereocenters. The van der Waals surface area contributed by atoms with E-state index in [2.05, 4.69) is 9.71 Å². The minimum absolute atomic E-state index is 0.0983. The van der Waals surface area contributed by atoms with Crippen molar-refractivity contribution in [2.45, 2.75) is 26.2 Å². The molecule has 0 spiro atoms. The van der Waals surface area contributed by atoms with Gasteiger partial charge in [0.1, 0.15) is 5.69 Å². The second-order valence-electron chi connectivity index (χ2n) is 4.78. The van der Waals surface area contributed by atoms with Gasteiger partial charge in [0.25, 0.3) is 5.91 Å². The van der Waals surface area contributed by atoms with Crippen molar-refractivity contribution in [1.29, 1.82) is 0 Å². The van der Waals surface area contributed by atoms with E-state index in [1.165, 1.54) is 10.5 Å². The highest BCUT2D eigenvalue weighted by Gasteiger charge is 2.30. The molecule has 0 bridgehead atoms. The van der Waals surface area contributed by atoms with E-state index in [9.17, 15) is 13.2 Å². The summed E-state index contributed by atoms with van der Waals surface area (Å²) in [5.74, 6) is -0.572. The molecule has 0 aliphatic carbocycles. The molecule has 1 N–H and O–H groups in total. The van der Waals surface area contributed by atoms with Crippen LogP contribution in [-0.4, -0.2) is 36.7 Å². The zero-order valence-corrected chi connectivity index (χ0v) is 11.8. The van der Waals surface area contributed by atoms with Gasteiger partial charge in [-0.3, -0.25) is 9.78 Å². The van der Waals surface area contributed by atoms with Crippen LogP contribution in [0.5, 0.6) is 0 Å². The first-order chi connectivity index (χ1) is 8.92. The van der Waals surface area contributed by atoms with E-state index in [0.29, 0.717) is 13.1 Å². The van der Waals surface area contributed by atoms with Crippen molar-refractivity contribution in [1.82, 2.24) is 14.0 Å². The third kappa shape index (κ3) is 2.93. The fraction of sp³-hybridized carbons (Fsp3) is 0.500. The highest BCUT2D eigenvalue weighted by atomic mass is 32.2. The molecule has 6 nitrogen and oxygen atoms in total. The number of hydrogen-bond donors (Lipinski definition) is 1. The molecule has 0 radical (unpaired) electrons. The van der Waals surface area contributed by atoms with E-state index in [1.54, 1.807) is 12.1 Å². The SMILES string of the molecule is CC(C)c1cccnc1C(=O)NS(=O)(=O)N1CCC1. The molecule has 2 rings (SSSR count). The Labute approximate surface area is 113 Å². The summed E-state index contributed by atoms with van der Waals surface area (Å²) in [5.41, 5.74) is 0.903. The number of amides is 1. The van der Waals surface area contributed by atoms with Crippen LogP contribution in [0.25, 0.3) is 0 Å². The minimum Gasteiger partial charge on any atom is -0.266 e. The van der Waals surface area contributed by atoms with Crippen molar-refractivity contribution in [3.63, 3.8) is 0 Å². The lowest BCUT2D eigenvalue weighted by Crippen LogP contribution is -2.50. The maximum absolute atomic E-state index is 12.1. The lowest BCUT2D eigenvalue weighted by atomic mass is 10.0. The fourth-order valence-electron chi connectivity index (χ4n) is 1.83. The first-order valence-corrected chi connectivity index (χ1v) is 7.63. The molecule has 7 heteroatoms. The maximum Gasteiger partial charge on any atom is 0.304 e. The Morgan fingerprint density at radius 1 is 1.42 bits per heavy atom. The standard InChI is InChI=1S/C12H17N3O3S/c1-9(2)10-5-3-6-13-11(10)12(16)14-19(17,18)15-7-4-8-15/h3,5-6,9H,4,7-8H2,1-2H3,(H,14,16). The summed E-state index contributed by atoms with van der Waals surface area (Å²) in [5, 5.41) is 0. The van der Waals surface area contributed by atoms with E-state index in [-0.39, 0.29) is 11.6 Å². The number of nitrogens with one attached hydrogen (secondary N) is 1. The molecule has 1 aromatic heterocycles. The lowest BCUT2D eigenvalue weighted by Gasteiger charge is -2.29. The van der Waals surface area contributed by atoms with E-state index in [0.717, 1.165) is 12.0 Å². The first kappa shape index (κ1) is 14.0. The van der Waals surface area contributed by atoms with Crippen LogP contribution in [0, 0.1) is 0 Å². The van der Waals surface area contributed by atoms with Crippen LogP contribution < -0.4 is 4.72 Å². The average Bonchev–Trinajstić information content (AvgIpc) is 2.25. The third-order valence-corrected chi connectivity index (χ3v) is 4.54. The van der Waals surface area contributed by atoms with Crippen LogP contribution in [0.2, 0.25) is 0 Å². The topological polar surface area (TPSA) is 79.4 Å². The Morgan fingerprint density at radius 3 is 2.63 bits per heavy atom. The monoisotopic (exact) mass is 283 g/mol. The van der Waals surface area contributed by atoms with Gasteiger partial charge in [-0.05, 0) is 24.0 Å². The third-order valence-electron chi connectivity index (χ3n) is 3.05. The summed E-state index contributed by atoms with van der Waals surface area (Å²) in [6, 6.07) is 3.51. The first-order valence-electron chi connectivity index (χ1n) is 6.19. The summed E-state index contributed by atoms with van der Waals surface area (Å²) in [6.07, 6.45) is 2.31. The van der Waals surface area contributed by atoms with Crippen LogP contribution in [0.1, 0.15) is 42.2 Å². The molecule has 1 saturated heterocycles. The van der Waals surface area contributed by atoms with Gasteiger partial charge in [-0.1, -0.05) is 19.9 Å². The Kier molecular flexibility index (Phi) is 3.86. The van der Waals surface area contributed by atoms with Gasteiger partial charge < -0.3 is 0 Å². The minimum atomic E-state index is -3.72. The molecule has 0 aromatic carbocycles. The fourth-order valence-corrected chi connectivity index (χ4v) is 3.03. The Balaban J connectivity index is 2.21. The van der Waals surface area contributed by atoms with Crippen LogP contribution in [0.15, 0.2) is 18.3 Å². The lowest BCUT2D eigenvalue weighted by molar-refractivity contribution is 0.0971. The predicted molar refractivity (Wildman–Crippen MR) is 70.9 cm³/mol. The molecule has 1 aliphatic heterocycles. The molecule has 2 heterocycles. The normalized spacial score (nSPS) is 16.2.